The van der Waals surface area contributed by atoms with Gasteiger partial charge in [0.05, 0.1) is 0 Å². The Hall–Kier alpha value is -1.46. The third kappa shape index (κ3) is 3.59. The van der Waals surface area contributed by atoms with E-state index in [9.17, 15) is 9.59 Å². The van der Waals surface area contributed by atoms with Gasteiger partial charge in [0.2, 0.25) is 0 Å². The number of rotatable bonds is 3. The fourth-order valence-corrected chi connectivity index (χ4v) is 3.80. The van der Waals surface area contributed by atoms with Crippen LogP contribution in [0.5, 0.6) is 0 Å². The molecule has 0 N–H and O–H groups in total. The summed E-state index contributed by atoms with van der Waals surface area (Å²) in [5.41, 5.74) is -1.08. The van der Waals surface area contributed by atoms with Crippen molar-refractivity contribution in [1.82, 2.24) is 0 Å². The molecule has 5 unspecified atom stereocenters. The molecule has 4 aliphatic rings. The molecule has 0 aromatic heterocycles. The van der Waals surface area contributed by atoms with Crippen molar-refractivity contribution in [2.24, 2.45) is 5.41 Å². The van der Waals surface area contributed by atoms with Crippen molar-refractivity contribution in [2.75, 3.05) is 19.8 Å². The molecule has 4 fully saturated rings. The number of fused-ring (bicyclic) bond motifs is 3. The Morgan fingerprint density at radius 1 is 0.929 bits per heavy atom. The molecule has 0 aliphatic carbocycles. The minimum atomic E-state index is -1.08. The van der Waals surface area contributed by atoms with Gasteiger partial charge in [-0.05, 0) is 34.6 Å². The monoisotopic (exact) mass is 402 g/mol. The van der Waals surface area contributed by atoms with E-state index < -0.39 is 59.8 Å². The van der Waals surface area contributed by atoms with E-state index >= 15 is 0 Å². The highest BCUT2D eigenvalue weighted by atomic mass is 16.9. The first kappa shape index (κ1) is 19.8. The van der Waals surface area contributed by atoms with Gasteiger partial charge in [-0.2, -0.15) is 0 Å². The van der Waals surface area contributed by atoms with Crippen LogP contribution in [0.1, 0.15) is 34.6 Å². The van der Waals surface area contributed by atoms with Crippen molar-refractivity contribution >= 4 is 12.1 Å². The van der Waals surface area contributed by atoms with Crippen LogP contribution in [0.15, 0.2) is 0 Å². The summed E-state index contributed by atoms with van der Waals surface area (Å²) >= 11 is 0. The molecule has 0 aromatic carbocycles. The Morgan fingerprint density at radius 2 is 1.50 bits per heavy atom. The second-order valence-corrected chi connectivity index (χ2v) is 8.69. The first-order chi connectivity index (χ1) is 13.0. The molecule has 0 bridgehead atoms. The van der Waals surface area contributed by atoms with Gasteiger partial charge in [-0.25, -0.2) is 4.79 Å². The Labute approximate surface area is 162 Å². The Kier molecular flexibility index (Phi) is 4.63. The van der Waals surface area contributed by atoms with Crippen LogP contribution in [0.2, 0.25) is 0 Å². The maximum absolute atomic E-state index is 12.5. The van der Waals surface area contributed by atoms with Crippen molar-refractivity contribution in [3.8, 4) is 0 Å². The zero-order valence-corrected chi connectivity index (χ0v) is 16.6. The van der Waals surface area contributed by atoms with Gasteiger partial charge in [-0.3, -0.25) is 4.79 Å². The second kappa shape index (κ2) is 6.53. The SMILES string of the molecule is CC1(C)OC2OC(COC(=O)C3(C)COC(=O)OC3)C3OC(C)(C)OC3C2O1. The van der Waals surface area contributed by atoms with Crippen LogP contribution in [-0.4, -0.2) is 74.2 Å². The first-order valence-electron chi connectivity index (χ1n) is 9.32. The predicted octanol–water partition coefficient (Wildman–Crippen LogP) is 1.10. The van der Waals surface area contributed by atoms with Crippen molar-refractivity contribution < 1.29 is 47.5 Å². The summed E-state index contributed by atoms with van der Waals surface area (Å²) in [6, 6.07) is 0. The van der Waals surface area contributed by atoms with Gasteiger partial charge in [0.1, 0.15) is 49.7 Å². The van der Waals surface area contributed by atoms with Crippen molar-refractivity contribution in [3.05, 3.63) is 0 Å². The second-order valence-electron chi connectivity index (χ2n) is 8.69. The van der Waals surface area contributed by atoms with Gasteiger partial charge in [0, 0.05) is 0 Å². The lowest BCUT2D eigenvalue weighted by Crippen LogP contribution is -2.56. The topological polar surface area (TPSA) is 108 Å². The molecule has 0 amide bonds. The minimum Gasteiger partial charge on any atom is -0.462 e. The molecule has 4 heterocycles. The Balaban J connectivity index is 1.44. The maximum atomic E-state index is 12.5. The lowest BCUT2D eigenvalue weighted by atomic mass is 9.92. The largest absolute Gasteiger partial charge is 0.508 e. The molecule has 0 aromatic rings. The minimum absolute atomic E-state index is 0.0734. The molecule has 4 aliphatic heterocycles. The summed E-state index contributed by atoms with van der Waals surface area (Å²) in [6.45, 7) is 8.52. The molecule has 0 spiro atoms. The summed E-state index contributed by atoms with van der Waals surface area (Å²) in [5.74, 6) is -2.20. The quantitative estimate of drug-likeness (QED) is 0.637. The normalized spacial score (nSPS) is 40.0. The third-order valence-corrected chi connectivity index (χ3v) is 5.14. The van der Waals surface area contributed by atoms with Crippen LogP contribution in [0.25, 0.3) is 0 Å². The average Bonchev–Trinajstić information content (AvgIpc) is 3.09. The van der Waals surface area contributed by atoms with Gasteiger partial charge in [-0.15, -0.1) is 0 Å². The molecule has 4 rings (SSSR count). The van der Waals surface area contributed by atoms with Crippen LogP contribution >= 0.6 is 0 Å². The number of esters is 1. The molecule has 28 heavy (non-hydrogen) atoms. The number of carbonyl (C=O) groups is 2. The third-order valence-electron chi connectivity index (χ3n) is 5.14. The van der Waals surface area contributed by atoms with Crippen molar-refractivity contribution in [2.45, 2.75) is 76.9 Å². The summed E-state index contributed by atoms with van der Waals surface area (Å²) in [5, 5.41) is 0. The van der Waals surface area contributed by atoms with Gasteiger partial charge in [0.15, 0.2) is 17.9 Å². The molecular weight excluding hydrogens is 376 g/mol. The number of ether oxygens (including phenoxy) is 8. The van der Waals surface area contributed by atoms with Crippen molar-refractivity contribution in [1.29, 1.82) is 0 Å². The standard InChI is InChI=1S/C18H26O10/c1-16(2)25-10-9(6-21-14(19)18(5)7-22-15(20)23-8-18)24-13-12(11(10)26-16)27-17(3,4)28-13/h9-13H,6-8H2,1-5H3. The van der Waals surface area contributed by atoms with Crippen LogP contribution in [0, 0.1) is 5.41 Å². The van der Waals surface area contributed by atoms with E-state index in [1.54, 1.807) is 34.6 Å². The summed E-state index contributed by atoms with van der Waals surface area (Å²) in [7, 11) is 0. The fraction of sp³-hybridized carbons (Fsp3) is 0.889. The van der Waals surface area contributed by atoms with Crippen LogP contribution in [0.4, 0.5) is 4.79 Å². The predicted molar refractivity (Wildman–Crippen MR) is 88.9 cm³/mol. The van der Waals surface area contributed by atoms with Crippen LogP contribution in [-0.2, 0) is 42.7 Å². The number of hydrogen-bond donors (Lipinski definition) is 0. The van der Waals surface area contributed by atoms with Gasteiger partial charge in [-0.1, -0.05) is 0 Å². The van der Waals surface area contributed by atoms with E-state index in [4.69, 9.17) is 37.9 Å². The van der Waals surface area contributed by atoms with Gasteiger partial charge >= 0.3 is 12.1 Å². The lowest BCUT2D eigenvalue weighted by Gasteiger charge is -2.37. The summed E-state index contributed by atoms with van der Waals surface area (Å²) in [4.78, 5) is 23.6. The molecule has 10 heteroatoms. The molecule has 158 valence electrons. The Morgan fingerprint density at radius 3 is 2.18 bits per heavy atom. The summed E-state index contributed by atoms with van der Waals surface area (Å²) < 4.78 is 44.8. The number of carbonyl (C=O) groups excluding carboxylic acids is 2. The zero-order chi connectivity index (χ0) is 20.3. The van der Waals surface area contributed by atoms with E-state index in [0.29, 0.717) is 0 Å². The summed E-state index contributed by atoms with van der Waals surface area (Å²) in [6.07, 6.45) is -3.42. The van der Waals surface area contributed by atoms with Crippen molar-refractivity contribution in [3.63, 3.8) is 0 Å². The molecule has 0 saturated carbocycles. The average molecular weight is 402 g/mol. The maximum Gasteiger partial charge on any atom is 0.508 e. The van der Waals surface area contributed by atoms with E-state index in [0.717, 1.165) is 0 Å². The number of hydrogen-bond acceptors (Lipinski definition) is 10. The molecule has 5 atom stereocenters. The van der Waals surface area contributed by atoms with Gasteiger partial charge < -0.3 is 37.9 Å². The highest BCUT2D eigenvalue weighted by molar-refractivity contribution is 5.78. The zero-order valence-electron chi connectivity index (χ0n) is 16.6. The van der Waals surface area contributed by atoms with E-state index in [1.807, 2.05) is 0 Å². The molecule has 0 radical (unpaired) electrons. The smallest absolute Gasteiger partial charge is 0.462 e. The van der Waals surface area contributed by atoms with Crippen LogP contribution in [0.3, 0.4) is 0 Å². The lowest BCUT2D eigenvalue weighted by molar-refractivity contribution is -0.244. The highest BCUT2D eigenvalue weighted by Crippen LogP contribution is 2.44. The molecule has 10 nitrogen and oxygen atoms in total. The van der Waals surface area contributed by atoms with Gasteiger partial charge in [0.25, 0.3) is 0 Å². The molecule has 4 saturated heterocycles. The first-order valence-corrected chi connectivity index (χ1v) is 9.32. The number of cyclic esters (lactones) is 2. The highest BCUT2D eigenvalue weighted by Gasteiger charge is 2.61. The van der Waals surface area contributed by atoms with E-state index in [-0.39, 0.29) is 19.8 Å². The van der Waals surface area contributed by atoms with Crippen LogP contribution < -0.4 is 0 Å². The Bertz CT molecular complexity index is 649. The molecular formula is C18H26O10. The van der Waals surface area contributed by atoms with E-state index in [2.05, 4.69) is 0 Å². The fourth-order valence-electron chi connectivity index (χ4n) is 3.80. The van der Waals surface area contributed by atoms with E-state index in [1.165, 1.54) is 0 Å².